The smallest absolute Gasteiger partial charge is 0.119 e. The summed E-state index contributed by atoms with van der Waals surface area (Å²) < 4.78 is 6.50. The van der Waals surface area contributed by atoms with Gasteiger partial charge in [0.25, 0.3) is 0 Å². The first-order valence-electron chi connectivity index (χ1n) is 5.76. The maximum absolute atomic E-state index is 5.30. The fraction of sp³-hybridized carbons (Fsp3) is 0.538. The number of hydrogen-bond acceptors (Lipinski definition) is 2. The highest BCUT2D eigenvalue weighted by atomic mass is 79.9. The summed E-state index contributed by atoms with van der Waals surface area (Å²) in [7, 11) is 1.72. The Hall–Kier alpha value is -0.540. The molecular formula is C13H18BrNO. The highest BCUT2D eigenvalue weighted by Crippen LogP contribution is 2.36. The molecule has 1 aromatic rings. The van der Waals surface area contributed by atoms with Crippen LogP contribution in [-0.2, 0) is 0 Å². The van der Waals surface area contributed by atoms with Crippen molar-refractivity contribution in [3.8, 4) is 5.75 Å². The van der Waals surface area contributed by atoms with E-state index in [1.165, 1.54) is 16.5 Å². The molecule has 1 heterocycles. The highest BCUT2D eigenvalue weighted by Gasteiger charge is 2.24. The molecule has 2 unspecified atom stereocenters. The van der Waals surface area contributed by atoms with Crippen LogP contribution in [0.2, 0.25) is 0 Å². The van der Waals surface area contributed by atoms with Crippen molar-refractivity contribution in [1.82, 2.24) is 5.32 Å². The standard InChI is InChI=1S/C13H18BrNO/c1-9-8-15-6-5-11(9)12-7-10(16-2)3-4-13(12)14/h3-4,7,9,11,15H,5-6,8H2,1-2H3. The third-order valence-corrected chi connectivity index (χ3v) is 4.11. The molecule has 0 saturated carbocycles. The van der Waals surface area contributed by atoms with Crippen molar-refractivity contribution in [3.05, 3.63) is 28.2 Å². The molecular weight excluding hydrogens is 266 g/mol. The van der Waals surface area contributed by atoms with E-state index in [1.807, 2.05) is 6.07 Å². The monoisotopic (exact) mass is 283 g/mol. The number of rotatable bonds is 2. The molecule has 0 radical (unpaired) electrons. The minimum Gasteiger partial charge on any atom is -0.497 e. The van der Waals surface area contributed by atoms with Crippen LogP contribution in [0.5, 0.6) is 5.75 Å². The summed E-state index contributed by atoms with van der Waals surface area (Å²) >= 11 is 3.65. The summed E-state index contributed by atoms with van der Waals surface area (Å²) in [6, 6.07) is 6.25. The molecule has 0 bridgehead atoms. The maximum atomic E-state index is 5.30. The Kier molecular flexibility index (Phi) is 3.87. The van der Waals surface area contributed by atoms with Gasteiger partial charge in [-0.25, -0.2) is 0 Å². The van der Waals surface area contributed by atoms with E-state index in [2.05, 4.69) is 40.3 Å². The molecule has 1 aliphatic heterocycles. The summed E-state index contributed by atoms with van der Waals surface area (Å²) in [4.78, 5) is 0. The van der Waals surface area contributed by atoms with Crippen LogP contribution in [0.3, 0.4) is 0 Å². The van der Waals surface area contributed by atoms with E-state index in [0.29, 0.717) is 11.8 Å². The van der Waals surface area contributed by atoms with E-state index in [-0.39, 0.29) is 0 Å². The Balaban J connectivity index is 2.30. The average Bonchev–Trinajstić information content (AvgIpc) is 2.31. The molecule has 0 amide bonds. The number of ether oxygens (including phenoxy) is 1. The predicted octanol–water partition coefficient (Wildman–Crippen LogP) is 3.17. The molecule has 2 rings (SSSR count). The van der Waals surface area contributed by atoms with Crippen LogP contribution >= 0.6 is 15.9 Å². The van der Waals surface area contributed by atoms with Gasteiger partial charge >= 0.3 is 0 Å². The molecule has 3 heteroatoms. The van der Waals surface area contributed by atoms with Gasteiger partial charge < -0.3 is 10.1 Å². The first kappa shape index (κ1) is 11.9. The molecule has 2 atom stereocenters. The van der Waals surface area contributed by atoms with E-state index in [4.69, 9.17) is 4.74 Å². The minimum atomic E-state index is 0.630. The zero-order valence-corrected chi connectivity index (χ0v) is 11.4. The van der Waals surface area contributed by atoms with Gasteiger partial charge in [-0.2, -0.15) is 0 Å². The molecule has 1 aromatic carbocycles. The zero-order valence-electron chi connectivity index (χ0n) is 9.79. The lowest BCUT2D eigenvalue weighted by atomic mass is 9.82. The minimum absolute atomic E-state index is 0.630. The second-order valence-corrected chi connectivity index (χ2v) is 5.32. The molecule has 0 aliphatic carbocycles. The normalized spacial score (nSPS) is 25.4. The number of halogens is 1. The van der Waals surface area contributed by atoms with Crippen molar-refractivity contribution in [2.75, 3.05) is 20.2 Å². The summed E-state index contributed by atoms with van der Waals surface area (Å²) in [5.74, 6) is 2.26. The van der Waals surface area contributed by atoms with Crippen molar-refractivity contribution in [1.29, 1.82) is 0 Å². The summed E-state index contributed by atoms with van der Waals surface area (Å²) in [5.41, 5.74) is 1.38. The number of benzene rings is 1. The molecule has 1 N–H and O–H groups in total. The van der Waals surface area contributed by atoms with Gasteiger partial charge in [0, 0.05) is 4.47 Å². The fourth-order valence-electron chi connectivity index (χ4n) is 2.41. The van der Waals surface area contributed by atoms with E-state index >= 15 is 0 Å². The molecule has 0 aromatic heterocycles. The number of nitrogens with one attached hydrogen (secondary N) is 1. The van der Waals surface area contributed by atoms with Crippen LogP contribution in [0.15, 0.2) is 22.7 Å². The van der Waals surface area contributed by atoms with Gasteiger partial charge in [0.1, 0.15) is 5.75 Å². The molecule has 16 heavy (non-hydrogen) atoms. The molecule has 1 saturated heterocycles. The van der Waals surface area contributed by atoms with Crippen molar-refractivity contribution >= 4 is 15.9 Å². The van der Waals surface area contributed by atoms with Crippen LogP contribution in [0.4, 0.5) is 0 Å². The van der Waals surface area contributed by atoms with Crippen molar-refractivity contribution in [3.63, 3.8) is 0 Å². The van der Waals surface area contributed by atoms with Gasteiger partial charge in [0.05, 0.1) is 7.11 Å². The van der Waals surface area contributed by atoms with E-state index in [1.54, 1.807) is 7.11 Å². The molecule has 0 spiro atoms. The molecule has 1 fully saturated rings. The van der Waals surface area contributed by atoms with Gasteiger partial charge in [0.15, 0.2) is 0 Å². The summed E-state index contributed by atoms with van der Waals surface area (Å²) in [6.07, 6.45) is 1.20. The van der Waals surface area contributed by atoms with Gasteiger partial charge in [-0.15, -0.1) is 0 Å². The second kappa shape index (κ2) is 5.19. The van der Waals surface area contributed by atoms with Crippen LogP contribution in [0.1, 0.15) is 24.8 Å². The number of piperidine rings is 1. The quantitative estimate of drug-likeness (QED) is 0.900. The van der Waals surface area contributed by atoms with Gasteiger partial charge in [0.2, 0.25) is 0 Å². The summed E-state index contributed by atoms with van der Waals surface area (Å²) in [5, 5.41) is 3.44. The topological polar surface area (TPSA) is 21.3 Å². The first-order chi connectivity index (χ1) is 7.72. The lowest BCUT2D eigenvalue weighted by Gasteiger charge is -2.30. The van der Waals surface area contributed by atoms with Gasteiger partial charge in [-0.1, -0.05) is 22.9 Å². The van der Waals surface area contributed by atoms with Crippen molar-refractivity contribution in [2.24, 2.45) is 5.92 Å². The predicted molar refractivity (Wildman–Crippen MR) is 70.1 cm³/mol. The maximum Gasteiger partial charge on any atom is 0.119 e. The third-order valence-electron chi connectivity index (χ3n) is 3.39. The van der Waals surface area contributed by atoms with Crippen LogP contribution in [0.25, 0.3) is 0 Å². The largest absolute Gasteiger partial charge is 0.497 e. The van der Waals surface area contributed by atoms with E-state index < -0.39 is 0 Å². The molecule has 1 aliphatic rings. The SMILES string of the molecule is COc1ccc(Br)c(C2CCNCC2C)c1. The van der Waals surface area contributed by atoms with E-state index in [9.17, 15) is 0 Å². The Morgan fingerprint density at radius 2 is 2.25 bits per heavy atom. The van der Waals surface area contributed by atoms with Gasteiger partial charge in [-0.3, -0.25) is 0 Å². The average molecular weight is 284 g/mol. The lowest BCUT2D eigenvalue weighted by Crippen LogP contribution is -2.33. The zero-order chi connectivity index (χ0) is 11.5. The Bertz CT molecular complexity index is 367. The van der Waals surface area contributed by atoms with Crippen LogP contribution in [-0.4, -0.2) is 20.2 Å². The third kappa shape index (κ3) is 2.41. The second-order valence-electron chi connectivity index (χ2n) is 4.46. The summed E-state index contributed by atoms with van der Waals surface area (Å²) in [6.45, 7) is 4.52. The lowest BCUT2D eigenvalue weighted by molar-refractivity contribution is 0.347. The van der Waals surface area contributed by atoms with Crippen LogP contribution < -0.4 is 10.1 Å². The van der Waals surface area contributed by atoms with Gasteiger partial charge in [-0.05, 0) is 55.1 Å². The first-order valence-corrected chi connectivity index (χ1v) is 6.56. The number of hydrogen-bond donors (Lipinski definition) is 1. The Morgan fingerprint density at radius 1 is 1.44 bits per heavy atom. The van der Waals surface area contributed by atoms with Crippen molar-refractivity contribution < 1.29 is 4.74 Å². The van der Waals surface area contributed by atoms with Crippen molar-refractivity contribution in [2.45, 2.75) is 19.3 Å². The molecule has 88 valence electrons. The number of methoxy groups -OCH3 is 1. The van der Waals surface area contributed by atoms with Crippen LogP contribution in [0, 0.1) is 5.92 Å². The highest BCUT2D eigenvalue weighted by molar-refractivity contribution is 9.10. The fourth-order valence-corrected chi connectivity index (χ4v) is 2.95. The Morgan fingerprint density at radius 3 is 2.94 bits per heavy atom. The molecule has 2 nitrogen and oxygen atoms in total. The Labute approximate surface area is 106 Å². The van der Waals surface area contributed by atoms with E-state index in [0.717, 1.165) is 18.8 Å².